The second-order valence-corrected chi connectivity index (χ2v) is 6.99. The van der Waals surface area contributed by atoms with Crippen LogP contribution in [-0.4, -0.2) is 49.0 Å². The molecule has 0 N–H and O–H groups in total. The van der Waals surface area contributed by atoms with Gasteiger partial charge in [0.1, 0.15) is 5.75 Å². The first-order valence-electron chi connectivity index (χ1n) is 8.83. The van der Waals surface area contributed by atoms with E-state index in [2.05, 4.69) is 28.9 Å². The van der Waals surface area contributed by atoms with E-state index in [9.17, 15) is 4.79 Å². The van der Waals surface area contributed by atoms with Gasteiger partial charge in [0.25, 0.3) is 0 Å². The Morgan fingerprint density at radius 1 is 1.17 bits per heavy atom. The summed E-state index contributed by atoms with van der Waals surface area (Å²) in [6.07, 6.45) is 4.70. The predicted molar refractivity (Wildman–Crippen MR) is 91.5 cm³/mol. The molecular formula is C19H28N2O2. The van der Waals surface area contributed by atoms with Gasteiger partial charge in [0, 0.05) is 19.1 Å². The molecule has 2 aliphatic rings. The molecule has 0 unspecified atom stereocenters. The first-order valence-corrected chi connectivity index (χ1v) is 8.83. The summed E-state index contributed by atoms with van der Waals surface area (Å²) < 4.78 is 5.24. The number of hydrogen-bond acceptors (Lipinski definition) is 3. The van der Waals surface area contributed by atoms with Crippen LogP contribution in [0.15, 0.2) is 24.3 Å². The standard InChI is InChI=1S/C19H28N2O2/c1-15-5-3-12-21(13-15)19(22)14-20-11-4-6-18(20)16-7-9-17(23-2)10-8-16/h7-10,15,18H,3-6,11-14H2,1-2H3/t15-,18+/m0/s1. The number of amides is 1. The number of piperidine rings is 1. The van der Waals surface area contributed by atoms with E-state index in [1.807, 2.05) is 12.1 Å². The fourth-order valence-electron chi connectivity index (χ4n) is 3.91. The number of hydrogen-bond donors (Lipinski definition) is 0. The molecule has 2 heterocycles. The molecule has 2 aliphatic heterocycles. The molecule has 4 heteroatoms. The third kappa shape index (κ3) is 3.86. The molecule has 0 saturated carbocycles. The van der Waals surface area contributed by atoms with Crippen LogP contribution in [0.4, 0.5) is 0 Å². The van der Waals surface area contributed by atoms with E-state index < -0.39 is 0 Å². The van der Waals surface area contributed by atoms with E-state index in [1.54, 1.807) is 7.11 Å². The van der Waals surface area contributed by atoms with Gasteiger partial charge in [-0.25, -0.2) is 0 Å². The van der Waals surface area contributed by atoms with Crippen molar-refractivity contribution in [2.24, 2.45) is 5.92 Å². The fourth-order valence-corrected chi connectivity index (χ4v) is 3.91. The molecule has 0 radical (unpaired) electrons. The maximum absolute atomic E-state index is 12.6. The first kappa shape index (κ1) is 16.3. The summed E-state index contributed by atoms with van der Waals surface area (Å²) in [5.41, 5.74) is 1.29. The highest BCUT2D eigenvalue weighted by Gasteiger charge is 2.30. The summed E-state index contributed by atoms with van der Waals surface area (Å²) in [5, 5.41) is 0. The number of benzene rings is 1. The molecule has 126 valence electrons. The highest BCUT2D eigenvalue weighted by atomic mass is 16.5. The minimum atomic E-state index is 0.303. The Hall–Kier alpha value is -1.55. The van der Waals surface area contributed by atoms with Crippen molar-refractivity contribution in [3.05, 3.63) is 29.8 Å². The van der Waals surface area contributed by atoms with Crippen LogP contribution in [0.1, 0.15) is 44.2 Å². The zero-order valence-electron chi connectivity index (χ0n) is 14.3. The van der Waals surface area contributed by atoms with Gasteiger partial charge in [-0.1, -0.05) is 19.1 Å². The summed E-state index contributed by atoms with van der Waals surface area (Å²) in [6.45, 7) is 5.69. The van der Waals surface area contributed by atoms with Crippen molar-refractivity contribution in [2.75, 3.05) is 33.3 Å². The molecule has 3 rings (SSSR count). The van der Waals surface area contributed by atoms with Crippen LogP contribution in [-0.2, 0) is 4.79 Å². The Balaban J connectivity index is 1.63. The largest absolute Gasteiger partial charge is 0.497 e. The molecular weight excluding hydrogens is 288 g/mol. The Morgan fingerprint density at radius 2 is 1.91 bits per heavy atom. The number of rotatable bonds is 4. The summed E-state index contributed by atoms with van der Waals surface area (Å²) in [5.74, 6) is 1.83. The topological polar surface area (TPSA) is 32.8 Å². The number of likely N-dealkylation sites (tertiary alicyclic amines) is 2. The molecule has 2 atom stereocenters. The van der Waals surface area contributed by atoms with Crippen molar-refractivity contribution in [2.45, 2.75) is 38.6 Å². The average Bonchev–Trinajstić information content (AvgIpc) is 3.03. The van der Waals surface area contributed by atoms with E-state index >= 15 is 0 Å². The summed E-state index contributed by atoms with van der Waals surface area (Å²) in [4.78, 5) is 17.1. The third-order valence-corrected chi connectivity index (χ3v) is 5.21. The zero-order valence-corrected chi connectivity index (χ0v) is 14.3. The van der Waals surface area contributed by atoms with Gasteiger partial charge < -0.3 is 9.64 Å². The predicted octanol–water partition coefficient (Wildman–Crippen LogP) is 3.09. The third-order valence-electron chi connectivity index (χ3n) is 5.21. The summed E-state index contributed by atoms with van der Waals surface area (Å²) >= 11 is 0. The van der Waals surface area contributed by atoms with Gasteiger partial charge in [0.15, 0.2) is 0 Å². The molecule has 0 aromatic heterocycles. The summed E-state index contributed by atoms with van der Waals surface area (Å²) in [7, 11) is 1.69. The summed E-state index contributed by atoms with van der Waals surface area (Å²) in [6, 6.07) is 8.66. The highest BCUT2D eigenvalue weighted by Crippen LogP contribution is 2.32. The lowest BCUT2D eigenvalue weighted by Gasteiger charge is -2.33. The molecule has 1 amide bonds. The van der Waals surface area contributed by atoms with E-state index in [-0.39, 0.29) is 0 Å². The van der Waals surface area contributed by atoms with Crippen molar-refractivity contribution in [1.82, 2.24) is 9.80 Å². The number of ether oxygens (including phenoxy) is 1. The van der Waals surface area contributed by atoms with Gasteiger partial charge in [-0.15, -0.1) is 0 Å². The fraction of sp³-hybridized carbons (Fsp3) is 0.632. The second kappa shape index (κ2) is 7.35. The van der Waals surface area contributed by atoms with E-state index in [1.165, 1.54) is 18.4 Å². The van der Waals surface area contributed by atoms with E-state index in [0.29, 0.717) is 24.4 Å². The maximum atomic E-state index is 12.6. The molecule has 0 bridgehead atoms. The number of carbonyl (C=O) groups excluding carboxylic acids is 1. The number of nitrogens with zero attached hydrogens (tertiary/aromatic N) is 2. The van der Waals surface area contributed by atoms with Crippen molar-refractivity contribution in [3.63, 3.8) is 0 Å². The zero-order chi connectivity index (χ0) is 16.2. The normalized spacial score (nSPS) is 25.6. The van der Waals surface area contributed by atoms with Crippen molar-refractivity contribution >= 4 is 5.91 Å². The van der Waals surface area contributed by atoms with Crippen LogP contribution in [0.3, 0.4) is 0 Å². The lowest BCUT2D eigenvalue weighted by Crippen LogP contribution is -2.44. The Kier molecular flexibility index (Phi) is 5.21. The van der Waals surface area contributed by atoms with Gasteiger partial charge in [-0.3, -0.25) is 9.69 Å². The quantitative estimate of drug-likeness (QED) is 0.856. The molecule has 0 spiro atoms. The smallest absolute Gasteiger partial charge is 0.236 e. The van der Waals surface area contributed by atoms with E-state index in [0.717, 1.165) is 38.2 Å². The first-order chi connectivity index (χ1) is 11.2. The molecule has 2 saturated heterocycles. The number of carbonyl (C=O) groups is 1. The van der Waals surface area contributed by atoms with Crippen molar-refractivity contribution in [3.8, 4) is 5.75 Å². The van der Waals surface area contributed by atoms with Gasteiger partial charge in [0.2, 0.25) is 5.91 Å². The molecule has 0 aliphatic carbocycles. The second-order valence-electron chi connectivity index (χ2n) is 6.99. The van der Waals surface area contributed by atoms with Crippen LogP contribution in [0.25, 0.3) is 0 Å². The molecule has 1 aromatic carbocycles. The Morgan fingerprint density at radius 3 is 2.61 bits per heavy atom. The van der Waals surface area contributed by atoms with Crippen LogP contribution < -0.4 is 4.74 Å². The SMILES string of the molecule is COc1ccc([C@H]2CCCN2CC(=O)N2CCC[C@H](C)C2)cc1. The highest BCUT2D eigenvalue weighted by molar-refractivity contribution is 5.78. The Bertz CT molecular complexity index is 529. The lowest BCUT2D eigenvalue weighted by atomic mass is 10.0. The van der Waals surface area contributed by atoms with Crippen LogP contribution in [0.5, 0.6) is 5.75 Å². The molecule has 4 nitrogen and oxygen atoms in total. The molecule has 23 heavy (non-hydrogen) atoms. The number of methoxy groups -OCH3 is 1. The van der Waals surface area contributed by atoms with Crippen molar-refractivity contribution < 1.29 is 9.53 Å². The minimum absolute atomic E-state index is 0.303. The lowest BCUT2D eigenvalue weighted by molar-refractivity contribution is -0.134. The van der Waals surface area contributed by atoms with E-state index in [4.69, 9.17) is 4.74 Å². The molecule has 2 fully saturated rings. The van der Waals surface area contributed by atoms with Gasteiger partial charge >= 0.3 is 0 Å². The van der Waals surface area contributed by atoms with Gasteiger partial charge in [0.05, 0.1) is 13.7 Å². The average molecular weight is 316 g/mol. The van der Waals surface area contributed by atoms with Crippen LogP contribution in [0.2, 0.25) is 0 Å². The minimum Gasteiger partial charge on any atom is -0.497 e. The van der Waals surface area contributed by atoms with Crippen molar-refractivity contribution in [1.29, 1.82) is 0 Å². The maximum Gasteiger partial charge on any atom is 0.236 e. The Labute approximate surface area is 139 Å². The van der Waals surface area contributed by atoms with Gasteiger partial charge in [-0.05, 0) is 55.8 Å². The van der Waals surface area contributed by atoms with Crippen LogP contribution >= 0.6 is 0 Å². The van der Waals surface area contributed by atoms with Crippen LogP contribution in [0, 0.1) is 5.92 Å². The molecule has 1 aromatic rings. The monoisotopic (exact) mass is 316 g/mol. The van der Waals surface area contributed by atoms with Gasteiger partial charge in [-0.2, -0.15) is 0 Å².